The Hall–Kier alpha value is -3.74. The maximum Gasteiger partial charge on any atom is 0.255 e. The Labute approximate surface area is 179 Å². The zero-order valence-electron chi connectivity index (χ0n) is 17.1. The Morgan fingerprint density at radius 2 is 1.97 bits per heavy atom. The largest absolute Gasteiger partial charge is 0.381 e. The number of piperidine rings is 1. The van der Waals surface area contributed by atoms with Gasteiger partial charge in [-0.1, -0.05) is 12.1 Å². The lowest BCUT2D eigenvalue weighted by Crippen LogP contribution is -2.52. The molecule has 2 aliphatic rings. The van der Waals surface area contributed by atoms with Crippen LogP contribution in [0.2, 0.25) is 0 Å². The number of imide groups is 1. The number of hydrogen-bond donors (Lipinski definition) is 2. The Morgan fingerprint density at radius 1 is 1.10 bits per heavy atom. The first kappa shape index (κ1) is 19.2. The Bertz CT molecular complexity index is 1240. The number of aromatic nitrogens is 1. The monoisotopic (exact) mass is 414 g/mol. The van der Waals surface area contributed by atoms with E-state index < -0.39 is 11.9 Å². The summed E-state index contributed by atoms with van der Waals surface area (Å²) in [6.07, 6.45) is 0.621. The summed E-state index contributed by atoms with van der Waals surface area (Å²) < 4.78 is 0. The number of nitrogens with zero attached hydrogens (tertiary/aromatic N) is 2. The number of rotatable bonds is 4. The van der Waals surface area contributed by atoms with Gasteiger partial charge < -0.3 is 10.2 Å². The highest BCUT2D eigenvalue weighted by Gasteiger charge is 2.39. The van der Waals surface area contributed by atoms with Gasteiger partial charge in [-0.3, -0.25) is 24.7 Å². The lowest BCUT2D eigenvalue weighted by Gasteiger charge is -2.29. The molecule has 2 aliphatic heterocycles. The van der Waals surface area contributed by atoms with Crippen molar-refractivity contribution in [1.82, 2.24) is 15.2 Å². The predicted molar refractivity (Wildman–Crippen MR) is 116 cm³/mol. The normalized spacial score (nSPS) is 18.3. The van der Waals surface area contributed by atoms with Crippen LogP contribution in [0.25, 0.3) is 10.9 Å². The molecule has 0 bridgehead atoms. The van der Waals surface area contributed by atoms with E-state index in [1.807, 2.05) is 31.2 Å². The van der Waals surface area contributed by atoms with Crippen LogP contribution in [0.3, 0.4) is 0 Å². The number of nitrogens with one attached hydrogen (secondary N) is 2. The number of aryl methyl sites for hydroxylation is 1. The lowest BCUT2D eigenvalue weighted by atomic mass is 10.0. The first-order valence-corrected chi connectivity index (χ1v) is 10.4. The molecule has 0 saturated carbocycles. The van der Waals surface area contributed by atoms with Gasteiger partial charge in [-0.05, 0) is 60.9 Å². The zero-order chi connectivity index (χ0) is 21.5. The highest BCUT2D eigenvalue weighted by molar-refractivity contribution is 6.05. The van der Waals surface area contributed by atoms with E-state index in [4.69, 9.17) is 0 Å². The summed E-state index contributed by atoms with van der Waals surface area (Å²) in [5.74, 6) is -0.832. The van der Waals surface area contributed by atoms with Crippen LogP contribution < -0.4 is 10.6 Å². The Morgan fingerprint density at radius 3 is 2.81 bits per heavy atom. The summed E-state index contributed by atoms with van der Waals surface area (Å²) in [4.78, 5) is 42.5. The summed E-state index contributed by atoms with van der Waals surface area (Å²) in [7, 11) is 0. The molecule has 1 saturated heterocycles. The molecule has 156 valence electrons. The van der Waals surface area contributed by atoms with E-state index in [2.05, 4.69) is 33.8 Å². The van der Waals surface area contributed by atoms with Gasteiger partial charge in [-0.15, -0.1) is 0 Å². The second-order valence-corrected chi connectivity index (χ2v) is 8.11. The summed E-state index contributed by atoms with van der Waals surface area (Å²) >= 11 is 0. The number of anilines is 1. The first-order chi connectivity index (χ1) is 15.0. The molecular weight excluding hydrogens is 392 g/mol. The quantitative estimate of drug-likeness (QED) is 0.641. The predicted octanol–water partition coefficient (Wildman–Crippen LogP) is 2.92. The highest BCUT2D eigenvalue weighted by Crippen LogP contribution is 2.29. The molecule has 1 aromatic heterocycles. The van der Waals surface area contributed by atoms with E-state index in [0.29, 0.717) is 25.1 Å². The number of benzene rings is 2. The number of amides is 3. The topological polar surface area (TPSA) is 91.4 Å². The van der Waals surface area contributed by atoms with Crippen molar-refractivity contribution in [3.8, 4) is 0 Å². The van der Waals surface area contributed by atoms with Crippen LogP contribution >= 0.6 is 0 Å². The van der Waals surface area contributed by atoms with Crippen LogP contribution in [0.15, 0.2) is 48.5 Å². The smallest absolute Gasteiger partial charge is 0.255 e. The minimum absolute atomic E-state index is 0.159. The molecule has 1 fully saturated rings. The van der Waals surface area contributed by atoms with Gasteiger partial charge in [0.2, 0.25) is 11.8 Å². The fraction of sp³-hybridized carbons (Fsp3) is 0.250. The number of carbonyl (C=O) groups excluding carboxylic acids is 3. The molecular formula is C24H22N4O3. The summed E-state index contributed by atoms with van der Waals surface area (Å²) in [6, 6.07) is 15.3. The standard InChI is InChI=1S/C24H22N4O3/c1-14-2-4-16-10-15(3-7-20(16)26-14)12-25-18-5-6-19-17(11-18)13-28(24(19)31)21-8-9-22(29)27-23(21)30/h2-7,10-11,21,25H,8-9,12-13H2,1H3,(H,27,29,30). The number of hydrogen-bond acceptors (Lipinski definition) is 5. The van der Waals surface area contributed by atoms with Gasteiger partial charge in [0.15, 0.2) is 0 Å². The average Bonchev–Trinajstić information content (AvgIpc) is 3.08. The number of pyridine rings is 1. The van der Waals surface area contributed by atoms with Crippen LogP contribution in [-0.4, -0.2) is 33.6 Å². The van der Waals surface area contributed by atoms with Crippen LogP contribution in [0.1, 0.15) is 40.0 Å². The van der Waals surface area contributed by atoms with Crippen LogP contribution in [0.5, 0.6) is 0 Å². The molecule has 3 amide bonds. The maximum absolute atomic E-state index is 12.8. The van der Waals surface area contributed by atoms with E-state index >= 15 is 0 Å². The van der Waals surface area contributed by atoms with Gasteiger partial charge >= 0.3 is 0 Å². The zero-order valence-corrected chi connectivity index (χ0v) is 17.1. The Balaban J connectivity index is 1.30. The fourth-order valence-corrected chi connectivity index (χ4v) is 4.28. The van der Waals surface area contributed by atoms with Crippen molar-refractivity contribution in [2.75, 3.05) is 5.32 Å². The second-order valence-electron chi connectivity index (χ2n) is 8.11. The highest BCUT2D eigenvalue weighted by atomic mass is 16.2. The molecule has 2 N–H and O–H groups in total. The number of carbonyl (C=O) groups is 3. The van der Waals surface area contributed by atoms with Gasteiger partial charge in [0.05, 0.1) is 5.52 Å². The first-order valence-electron chi connectivity index (χ1n) is 10.4. The lowest BCUT2D eigenvalue weighted by molar-refractivity contribution is -0.136. The van der Waals surface area contributed by atoms with Crippen molar-refractivity contribution in [1.29, 1.82) is 0 Å². The molecule has 1 atom stereocenters. The van der Waals surface area contributed by atoms with Gasteiger partial charge in [-0.25, -0.2) is 0 Å². The molecule has 3 heterocycles. The molecule has 3 aromatic rings. The van der Waals surface area contributed by atoms with Crippen molar-refractivity contribution in [2.45, 2.75) is 38.9 Å². The van der Waals surface area contributed by atoms with Gasteiger partial charge in [0.1, 0.15) is 6.04 Å². The van der Waals surface area contributed by atoms with E-state index in [1.54, 1.807) is 11.0 Å². The number of fused-ring (bicyclic) bond motifs is 2. The fourth-order valence-electron chi connectivity index (χ4n) is 4.28. The van der Waals surface area contributed by atoms with Crippen molar-refractivity contribution < 1.29 is 14.4 Å². The average molecular weight is 414 g/mol. The third-order valence-corrected chi connectivity index (χ3v) is 5.91. The minimum atomic E-state index is -0.594. The SMILES string of the molecule is Cc1ccc2cc(CNc3ccc4c(c3)CN(C3CCC(=O)NC3=O)C4=O)ccc2n1. The molecule has 0 spiro atoms. The van der Waals surface area contributed by atoms with E-state index in [1.165, 1.54) is 0 Å². The molecule has 1 unspecified atom stereocenters. The van der Waals surface area contributed by atoms with E-state index in [0.717, 1.165) is 33.4 Å². The molecule has 7 heteroatoms. The molecule has 2 aromatic carbocycles. The second kappa shape index (κ2) is 7.50. The molecule has 5 rings (SSSR count). The molecule has 31 heavy (non-hydrogen) atoms. The van der Waals surface area contributed by atoms with Crippen molar-refractivity contribution >= 4 is 34.3 Å². The van der Waals surface area contributed by atoms with Crippen LogP contribution in [0, 0.1) is 6.92 Å². The maximum atomic E-state index is 12.8. The van der Waals surface area contributed by atoms with Gasteiger partial charge in [-0.2, -0.15) is 0 Å². The molecule has 0 aliphatic carbocycles. The summed E-state index contributed by atoms with van der Waals surface area (Å²) in [6.45, 7) is 3.00. The van der Waals surface area contributed by atoms with Gasteiger partial charge in [0, 0.05) is 41.8 Å². The summed E-state index contributed by atoms with van der Waals surface area (Å²) in [5, 5.41) is 6.85. The Kier molecular flexibility index (Phi) is 4.66. The van der Waals surface area contributed by atoms with Crippen molar-refractivity contribution in [2.24, 2.45) is 0 Å². The van der Waals surface area contributed by atoms with Crippen molar-refractivity contribution in [3.05, 3.63) is 70.9 Å². The summed E-state index contributed by atoms with van der Waals surface area (Å²) in [5.41, 5.74) is 5.53. The third kappa shape index (κ3) is 3.63. The minimum Gasteiger partial charge on any atom is -0.381 e. The van der Waals surface area contributed by atoms with Crippen LogP contribution in [-0.2, 0) is 22.7 Å². The molecule has 0 radical (unpaired) electrons. The van der Waals surface area contributed by atoms with Gasteiger partial charge in [0.25, 0.3) is 5.91 Å². The van der Waals surface area contributed by atoms with E-state index in [-0.39, 0.29) is 18.2 Å². The third-order valence-electron chi connectivity index (χ3n) is 5.91. The van der Waals surface area contributed by atoms with E-state index in [9.17, 15) is 14.4 Å². The van der Waals surface area contributed by atoms with Crippen molar-refractivity contribution in [3.63, 3.8) is 0 Å². The molecule has 7 nitrogen and oxygen atoms in total. The van der Waals surface area contributed by atoms with Crippen LogP contribution in [0.4, 0.5) is 5.69 Å².